The van der Waals surface area contributed by atoms with Gasteiger partial charge in [0.1, 0.15) is 0 Å². The Hall–Kier alpha value is -0.320. The Labute approximate surface area is 104 Å². The van der Waals surface area contributed by atoms with Crippen LogP contribution in [0.5, 0.6) is 0 Å². The zero-order chi connectivity index (χ0) is 11.3. The second kappa shape index (κ2) is 7.09. The molecule has 0 aromatic rings. The SMILES string of the molecule is CCN(CC)C(=O)C1(CN)CCOCC1.Cl. The van der Waals surface area contributed by atoms with E-state index in [4.69, 9.17) is 10.5 Å². The van der Waals surface area contributed by atoms with Crippen LogP contribution in [0.25, 0.3) is 0 Å². The van der Waals surface area contributed by atoms with Crippen molar-refractivity contribution in [2.45, 2.75) is 26.7 Å². The summed E-state index contributed by atoms with van der Waals surface area (Å²) in [6.45, 7) is 7.28. The van der Waals surface area contributed by atoms with Gasteiger partial charge >= 0.3 is 0 Å². The highest BCUT2D eigenvalue weighted by Gasteiger charge is 2.40. The van der Waals surface area contributed by atoms with E-state index in [9.17, 15) is 4.79 Å². The minimum absolute atomic E-state index is 0. The molecule has 4 nitrogen and oxygen atoms in total. The Bertz CT molecular complexity index is 214. The van der Waals surface area contributed by atoms with Crippen molar-refractivity contribution in [2.75, 3.05) is 32.8 Å². The maximum Gasteiger partial charge on any atom is 0.230 e. The van der Waals surface area contributed by atoms with Crippen molar-refractivity contribution in [3.63, 3.8) is 0 Å². The summed E-state index contributed by atoms with van der Waals surface area (Å²) in [7, 11) is 0. The molecular weight excluding hydrogens is 228 g/mol. The highest BCUT2D eigenvalue weighted by molar-refractivity contribution is 5.85. The van der Waals surface area contributed by atoms with Gasteiger partial charge in [-0.05, 0) is 26.7 Å². The summed E-state index contributed by atoms with van der Waals surface area (Å²) < 4.78 is 5.30. The van der Waals surface area contributed by atoms with Crippen LogP contribution in [0, 0.1) is 5.41 Å². The molecule has 96 valence electrons. The van der Waals surface area contributed by atoms with Crippen molar-refractivity contribution in [2.24, 2.45) is 11.1 Å². The van der Waals surface area contributed by atoms with Gasteiger partial charge in [0.05, 0.1) is 5.41 Å². The summed E-state index contributed by atoms with van der Waals surface area (Å²) >= 11 is 0. The predicted molar refractivity (Wildman–Crippen MR) is 66.7 cm³/mol. The van der Waals surface area contributed by atoms with Gasteiger partial charge in [-0.1, -0.05) is 0 Å². The summed E-state index contributed by atoms with van der Waals surface area (Å²) in [4.78, 5) is 14.2. The van der Waals surface area contributed by atoms with Crippen molar-refractivity contribution in [1.29, 1.82) is 0 Å². The minimum atomic E-state index is -0.357. The lowest BCUT2D eigenvalue weighted by Gasteiger charge is -2.38. The van der Waals surface area contributed by atoms with Crippen LogP contribution in [-0.4, -0.2) is 43.7 Å². The number of amides is 1. The smallest absolute Gasteiger partial charge is 0.230 e. The summed E-state index contributed by atoms with van der Waals surface area (Å²) in [5.41, 5.74) is 5.43. The van der Waals surface area contributed by atoms with Gasteiger partial charge in [-0.15, -0.1) is 12.4 Å². The molecule has 16 heavy (non-hydrogen) atoms. The average Bonchev–Trinajstić information content (AvgIpc) is 2.31. The third kappa shape index (κ3) is 3.09. The lowest BCUT2D eigenvalue weighted by Crippen LogP contribution is -2.50. The molecule has 5 heteroatoms. The van der Waals surface area contributed by atoms with Crippen LogP contribution in [0.3, 0.4) is 0 Å². The minimum Gasteiger partial charge on any atom is -0.381 e. The van der Waals surface area contributed by atoms with Gasteiger partial charge in [0.2, 0.25) is 5.91 Å². The standard InChI is InChI=1S/C11H22N2O2.ClH/c1-3-13(4-2)10(14)11(9-12)5-7-15-8-6-11;/h3-9,12H2,1-2H3;1H. The third-order valence-corrected chi connectivity index (χ3v) is 3.34. The van der Waals surface area contributed by atoms with E-state index >= 15 is 0 Å². The number of carbonyl (C=O) groups is 1. The van der Waals surface area contributed by atoms with Crippen molar-refractivity contribution in [3.8, 4) is 0 Å². The maximum absolute atomic E-state index is 12.3. The molecule has 0 bridgehead atoms. The zero-order valence-corrected chi connectivity index (χ0v) is 11.0. The van der Waals surface area contributed by atoms with E-state index in [0.29, 0.717) is 19.8 Å². The Morgan fingerprint density at radius 3 is 2.19 bits per heavy atom. The third-order valence-electron chi connectivity index (χ3n) is 3.34. The van der Waals surface area contributed by atoms with Crippen LogP contribution >= 0.6 is 12.4 Å². The van der Waals surface area contributed by atoms with Crippen molar-refractivity contribution in [1.82, 2.24) is 4.90 Å². The number of rotatable bonds is 4. The van der Waals surface area contributed by atoms with Crippen molar-refractivity contribution < 1.29 is 9.53 Å². The van der Waals surface area contributed by atoms with Crippen LogP contribution < -0.4 is 5.73 Å². The second-order valence-electron chi connectivity index (χ2n) is 4.07. The molecule has 1 aliphatic rings. The van der Waals surface area contributed by atoms with Gasteiger partial charge in [0, 0.05) is 32.8 Å². The highest BCUT2D eigenvalue weighted by Crippen LogP contribution is 2.31. The number of nitrogens with zero attached hydrogens (tertiary/aromatic N) is 1. The quantitative estimate of drug-likeness (QED) is 0.811. The first kappa shape index (κ1) is 15.7. The molecule has 0 aromatic carbocycles. The molecule has 1 saturated heterocycles. The Kier molecular flexibility index (Phi) is 6.95. The van der Waals surface area contributed by atoms with Gasteiger partial charge < -0.3 is 15.4 Å². The predicted octanol–water partition coefficient (Wildman–Crippen LogP) is 1.03. The molecule has 1 rings (SSSR count). The van der Waals surface area contributed by atoms with Gasteiger partial charge in [-0.3, -0.25) is 4.79 Å². The van der Waals surface area contributed by atoms with Gasteiger partial charge in [0.15, 0.2) is 0 Å². The van der Waals surface area contributed by atoms with Crippen LogP contribution in [0.15, 0.2) is 0 Å². The fraction of sp³-hybridized carbons (Fsp3) is 0.909. The molecule has 2 N–H and O–H groups in total. The summed E-state index contributed by atoms with van der Waals surface area (Å²) in [6, 6.07) is 0. The van der Waals surface area contributed by atoms with Crippen molar-refractivity contribution >= 4 is 18.3 Å². The van der Waals surface area contributed by atoms with E-state index in [-0.39, 0.29) is 23.7 Å². The van der Waals surface area contributed by atoms with E-state index in [0.717, 1.165) is 25.9 Å². The fourth-order valence-electron chi connectivity index (χ4n) is 2.11. The number of nitrogens with two attached hydrogens (primary N) is 1. The first-order valence-corrected chi connectivity index (χ1v) is 5.77. The zero-order valence-electron chi connectivity index (χ0n) is 10.2. The Balaban J connectivity index is 0.00000225. The largest absolute Gasteiger partial charge is 0.381 e. The summed E-state index contributed by atoms with van der Waals surface area (Å²) in [5, 5.41) is 0. The molecule has 0 radical (unpaired) electrons. The molecule has 0 spiro atoms. The normalized spacial score (nSPS) is 18.7. The van der Waals surface area contributed by atoms with Crippen LogP contribution in [0.2, 0.25) is 0 Å². The van der Waals surface area contributed by atoms with Crippen LogP contribution in [0.4, 0.5) is 0 Å². The molecule has 1 aliphatic heterocycles. The molecule has 1 fully saturated rings. The van der Waals surface area contributed by atoms with E-state index in [2.05, 4.69) is 0 Å². The molecule has 0 saturated carbocycles. The molecule has 0 aromatic heterocycles. The molecule has 1 amide bonds. The Morgan fingerprint density at radius 2 is 1.81 bits per heavy atom. The number of hydrogen-bond acceptors (Lipinski definition) is 3. The van der Waals surface area contributed by atoms with Crippen molar-refractivity contribution in [3.05, 3.63) is 0 Å². The first-order valence-electron chi connectivity index (χ1n) is 5.77. The summed E-state index contributed by atoms with van der Waals surface area (Å²) in [6.07, 6.45) is 1.53. The van der Waals surface area contributed by atoms with Gasteiger partial charge in [-0.2, -0.15) is 0 Å². The lowest BCUT2D eigenvalue weighted by atomic mass is 9.79. The number of carbonyl (C=O) groups excluding carboxylic acids is 1. The fourth-order valence-corrected chi connectivity index (χ4v) is 2.11. The van der Waals surface area contributed by atoms with Gasteiger partial charge in [0.25, 0.3) is 0 Å². The van der Waals surface area contributed by atoms with E-state index in [1.165, 1.54) is 0 Å². The molecule has 1 heterocycles. The molecule has 0 unspecified atom stereocenters. The van der Waals surface area contributed by atoms with E-state index in [1.807, 2.05) is 18.7 Å². The monoisotopic (exact) mass is 250 g/mol. The van der Waals surface area contributed by atoms with Crippen LogP contribution in [0.1, 0.15) is 26.7 Å². The topological polar surface area (TPSA) is 55.6 Å². The van der Waals surface area contributed by atoms with Gasteiger partial charge in [-0.25, -0.2) is 0 Å². The summed E-state index contributed by atoms with van der Waals surface area (Å²) in [5.74, 6) is 0.207. The lowest BCUT2D eigenvalue weighted by molar-refractivity contribution is -0.146. The highest BCUT2D eigenvalue weighted by atomic mass is 35.5. The Morgan fingerprint density at radius 1 is 1.31 bits per heavy atom. The average molecular weight is 251 g/mol. The second-order valence-corrected chi connectivity index (χ2v) is 4.07. The number of hydrogen-bond donors (Lipinski definition) is 1. The molecule has 0 atom stereocenters. The first-order chi connectivity index (χ1) is 7.20. The van der Waals surface area contributed by atoms with Crippen LogP contribution in [-0.2, 0) is 9.53 Å². The van der Waals surface area contributed by atoms with E-state index < -0.39 is 0 Å². The van der Waals surface area contributed by atoms with E-state index in [1.54, 1.807) is 0 Å². The number of halogens is 1. The molecular formula is C11H23ClN2O2. The maximum atomic E-state index is 12.3. The molecule has 0 aliphatic carbocycles. The number of ether oxygens (including phenoxy) is 1.